The van der Waals surface area contributed by atoms with Crippen LogP contribution in [-0.4, -0.2) is 21.3 Å². The Bertz CT molecular complexity index is 565. The lowest BCUT2D eigenvalue weighted by Crippen LogP contribution is -2.27. The minimum atomic E-state index is 0.0265. The van der Waals surface area contributed by atoms with Gasteiger partial charge in [0.2, 0.25) is 0 Å². The fourth-order valence-electron chi connectivity index (χ4n) is 2.36. The molecule has 2 aromatic rings. The molecule has 2 rings (SSSR count). The van der Waals surface area contributed by atoms with Crippen LogP contribution in [0.4, 0.5) is 0 Å². The largest absolute Gasteiger partial charge is 0.305 e. The Kier molecular flexibility index (Phi) is 5.15. The van der Waals surface area contributed by atoms with Crippen LogP contribution in [-0.2, 0) is 6.54 Å². The van der Waals surface area contributed by atoms with Gasteiger partial charge in [0.15, 0.2) is 0 Å². The third-order valence-corrected chi connectivity index (χ3v) is 3.65. The Hall–Kier alpha value is -1.39. The summed E-state index contributed by atoms with van der Waals surface area (Å²) in [6.45, 7) is 7.96. The molecule has 5 heteroatoms. The normalized spacial score (nSPS) is 12.6. The summed E-state index contributed by atoms with van der Waals surface area (Å²) in [6, 6.07) is 4.08. The molecule has 0 aromatic carbocycles. The lowest BCUT2D eigenvalue weighted by molar-refractivity contribution is 0.527. The van der Waals surface area contributed by atoms with E-state index >= 15 is 0 Å². The molecule has 2 heterocycles. The van der Waals surface area contributed by atoms with Crippen LogP contribution in [0.3, 0.4) is 0 Å². The lowest BCUT2D eigenvalue weighted by atomic mass is 10.0. The van der Waals surface area contributed by atoms with Crippen molar-refractivity contribution in [2.24, 2.45) is 0 Å². The summed E-state index contributed by atoms with van der Waals surface area (Å²) in [4.78, 5) is 4.39. The first-order valence-corrected chi connectivity index (χ1v) is 7.42. The second-order valence-electron chi connectivity index (χ2n) is 4.76. The molecule has 0 aliphatic heterocycles. The Balaban J connectivity index is 2.47. The van der Waals surface area contributed by atoms with Crippen molar-refractivity contribution in [2.75, 3.05) is 6.54 Å². The number of hydrogen-bond acceptors (Lipinski definition) is 3. The van der Waals surface area contributed by atoms with E-state index in [4.69, 9.17) is 11.6 Å². The van der Waals surface area contributed by atoms with E-state index in [9.17, 15) is 0 Å². The molecule has 0 spiro atoms. The summed E-state index contributed by atoms with van der Waals surface area (Å²) in [5, 5.41) is 8.60. The monoisotopic (exact) mass is 292 g/mol. The predicted octanol–water partition coefficient (Wildman–Crippen LogP) is 3.35. The Labute approximate surface area is 125 Å². The highest BCUT2D eigenvalue weighted by atomic mass is 35.5. The van der Waals surface area contributed by atoms with Crippen molar-refractivity contribution in [3.63, 3.8) is 0 Å². The minimum Gasteiger partial charge on any atom is -0.305 e. The van der Waals surface area contributed by atoms with Crippen LogP contribution >= 0.6 is 11.6 Å². The lowest BCUT2D eigenvalue weighted by Gasteiger charge is -2.22. The second-order valence-corrected chi connectivity index (χ2v) is 5.17. The van der Waals surface area contributed by atoms with Gasteiger partial charge < -0.3 is 5.32 Å². The van der Waals surface area contributed by atoms with Crippen LogP contribution < -0.4 is 5.32 Å². The molecule has 0 fully saturated rings. The summed E-state index contributed by atoms with van der Waals surface area (Å²) in [7, 11) is 0. The maximum absolute atomic E-state index is 6.36. The highest BCUT2D eigenvalue weighted by Crippen LogP contribution is 2.29. The van der Waals surface area contributed by atoms with Gasteiger partial charge in [-0.25, -0.2) is 0 Å². The van der Waals surface area contributed by atoms with Crippen molar-refractivity contribution in [1.82, 2.24) is 20.1 Å². The van der Waals surface area contributed by atoms with Gasteiger partial charge in [0.05, 0.1) is 23.0 Å². The third-order valence-electron chi connectivity index (χ3n) is 3.36. The van der Waals surface area contributed by atoms with E-state index in [1.54, 1.807) is 6.20 Å². The zero-order chi connectivity index (χ0) is 14.5. The number of halogens is 1. The van der Waals surface area contributed by atoms with Crippen LogP contribution in [0.5, 0.6) is 0 Å². The summed E-state index contributed by atoms with van der Waals surface area (Å²) in [6.07, 6.45) is 4.59. The van der Waals surface area contributed by atoms with Gasteiger partial charge in [0.1, 0.15) is 0 Å². The SMILES string of the molecule is CCCNC(c1cccnc1C)c1c(Cl)cnn1CC. The highest BCUT2D eigenvalue weighted by molar-refractivity contribution is 6.31. The van der Waals surface area contributed by atoms with Gasteiger partial charge in [-0.1, -0.05) is 24.6 Å². The van der Waals surface area contributed by atoms with Gasteiger partial charge in [-0.3, -0.25) is 9.67 Å². The first-order valence-electron chi connectivity index (χ1n) is 7.05. The molecule has 0 saturated carbocycles. The molecule has 1 unspecified atom stereocenters. The summed E-state index contributed by atoms with van der Waals surface area (Å²) in [5.74, 6) is 0. The summed E-state index contributed by atoms with van der Waals surface area (Å²) >= 11 is 6.36. The van der Waals surface area contributed by atoms with Crippen LogP contribution in [0.15, 0.2) is 24.5 Å². The van der Waals surface area contributed by atoms with Gasteiger partial charge in [-0.2, -0.15) is 5.10 Å². The summed E-state index contributed by atoms with van der Waals surface area (Å²) in [5.41, 5.74) is 3.18. The van der Waals surface area contributed by atoms with E-state index < -0.39 is 0 Å². The summed E-state index contributed by atoms with van der Waals surface area (Å²) < 4.78 is 1.95. The second kappa shape index (κ2) is 6.86. The van der Waals surface area contributed by atoms with E-state index in [0.29, 0.717) is 5.02 Å². The molecule has 0 bridgehead atoms. The van der Waals surface area contributed by atoms with Crippen molar-refractivity contribution < 1.29 is 0 Å². The first kappa shape index (κ1) is 15.0. The van der Waals surface area contributed by atoms with Gasteiger partial charge in [0, 0.05) is 18.4 Å². The molecule has 108 valence electrons. The van der Waals surface area contributed by atoms with Gasteiger partial charge in [-0.15, -0.1) is 0 Å². The van der Waals surface area contributed by atoms with Crippen LogP contribution in [0.2, 0.25) is 5.02 Å². The molecule has 0 aliphatic carbocycles. The number of nitrogens with one attached hydrogen (secondary N) is 1. The van der Waals surface area contributed by atoms with E-state index in [0.717, 1.165) is 36.5 Å². The third kappa shape index (κ3) is 3.02. The molecule has 0 aliphatic rings. The molecule has 0 radical (unpaired) electrons. The van der Waals surface area contributed by atoms with Crippen LogP contribution in [0.25, 0.3) is 0 Å². The predicted molar refractivity (Wildman–Crippen MR) is 82.0 cm³/mol. The van der Waals surface area contributed by atoms with Crippen molar-refractivity contribution in [3.8, 4) is 0 Å². The maximum atomic E-state index is 6.36. The molecule has 1 atom stereocenters. The zero-order valence-electron chi connectivity index (χ0n) is 12.2. The topological polar surface area (TPSA) is 42.7 Å². The van der Waals surface area contributed by atoms with E-state index in [1.165, 1.54) is 0 Å². The Morgan fingerprint density at radius 1 is 1.40 bits per heavy atom. The van der Waals surface area contributed by atoms with Crippen molar-refractivity contribution >= 4 is 11.6 Å². The van der Waals surface area contributed by atoms with Crippen molar-refractivity contribution in [2.45, 2.75) is 39.8 Å². The average Bonchev–Trinajstić information content (AvgIpc) is 2.82. The standard InChI is InChI=1S/C15H21ClN4/c1-4-8-18-14(12-7-6-9-17-11(12)3)15-13(16)10-19-20(15)5-2/h6-7,9-10,14,18H,4-5,8H2,1-3H3. The molecule has 0 saturated heterocycles. The molecule has 20 heavy (non-hydrogen) atoms. The quantitative estimate of drug-likeness (QED) is 0.888. The number of rotatable bonds is 6. The van der Waals surface area contributed by atoms with Gasteiger partial charge in [0.25, 0.3) is 0 Å². The number of nitrogens with zero attached hydrogens (tertiary/aromatic N) is 3. The van der Waals surface area contributed by atoms with E-state index in [2.05, 4.69) is 35.3 Å². The zero-order valence-corrected chi connectivity index (χ0v) is 13.0. The Morgan fingerprint density at radius 3 is 2.85 bits per heavy atom. The van der Waals surface area contributed by atoms with E-state index in [-0.39, 0.29) is 6.04 Å². The number of aryl methyl sites for hydroxylation is 2. The molecular weight excluding hydrogens is 272 g/mol. The Morgan fingerprint density at radius 2 is 2.20 bits per heavy atom. The van der Waals surface area contributed by atoms with E-state index in [1.807, 2.05) is 23.9 Å². The molecule has 1 N–H and O–H groups in total. The van der Waals surface area contributed by atoms with Crippen molar-refractivity contribution in [3.05, 3.63) is 46.5 Å². The molecule has 2 aromatic heterocycles. The van der Waals surface area contributed by atoms with Crippen LogP contribution in [0, 0.1) is 6.92 Å². The fourth-order valence-corrected chi connectivity index (χ4v) is 2.61. The minimum absolute atomic E-state index is 0.0265. The average molecular weight is 293 g/mol. The highest BCUT2D eigenvalue weighted by Gasteiger charge is 2.22. The maximum Gasteiger partial charge on any atom is 0.0837 e. The molecular formula is C15H21ClN4. The first-order chi connectivity index (χ1) is 9.69. The fraction of sp³-hybridized carbons (Fsp3) is 0.467. The van der Waals surface area contributed by atoms with Gasteiger partial charge >= 0.3 is 0 Å². The van der Waals surface area contributed by atoms with Crippen molar-refractivity contribution in [1.29, 1.82) is 0 Å². The molecule has 4 nitrogen and oxygen atoms in total. The van der Waals surface area contributed by atoms with Crippen LogP contribution in [0.1, 0.15) is 43.3 Å². The van der Waals surface area contributed by atoms with Gasteiger partial charge in [-0.05, 0) is 38.4 Å². The number of hydrogen-bond donors (Lipinski definition) is 1. The number of aromatic nitrogens is 3. The molecule has 0 amide bonds. The smallest absolute Gasteiger partial charge is 0.0837 e. The number of pyridine rings is 1.